The molecule has 0 aliphatic rings. The summed E-state index contributed by atoms with van der Waals surface area (Å²) in [6.07, 6.45) is 0. The van der Waals surface area contributed by atoms with Gasteiger partial charge in [-0.15, -0.1) is 0 Å². The van der Waals surface area contributed by atoms with Crippen LogP contribution in [0.25, 0.3) is 0 Å². The molecule has 0 bridgehead atoms. The number of rotatable bonds is 3. The molecule has 0 heterocycles. The van der Waals surface area contributed by atoms with Gasteiger partial charge in [0.05, 0.1) is 5.54 Å². The normalized spacial score (nSPS) is 14.1. The summed E-state index contributed by atoms with van der Waals surface area (Å²) >= 11 is 0. The lowest BCUT2D eigenvalue weighted by atomic mass is 9.98. The zero-order valence-electron chi connectivity index (χ0n) is 6.35. The molecule has 0 aliphatic carbocycles. The van der Waals surface area contributed by atoms with Crippen molar-refractivity contribution in [2.24, 2.45) is 0 Å². The third-order valence-corrected chi connectivity index (χ3v) is 1.56. The van der Waals surface area contributed by atoms with Gasteiger partial charge in [0.2, 0.25) is 0 Å². The smallest absolute Gasteiger partial charge is 0.0546 e. The summed E-state index contributed by atoms with van der Waals surface area (Å²) in [6.45, 7) is 5.28. The Hall–Kier alpha value is 0.130. The predicted molar refractivity (Wildman–Crippen MR) is 33.4 cm³/mol. The Morgan fingerprint density at radius 2 is 1.70 bits per heavy atom. The minimum Gasteiger partial charge on any atom is -1.00 e. The maximum absolute atomic E-state index is 8.49. The lowest BCUT2D eigenvalue weighted by molar-refractivity contribution is -0.00000461. The molecule has 0 aliphatic heterocycles. The van der Waals surface area contributed by atoms with Crippen molar-refractivity contribution in [3.63, 3.8) is 0 Å². The van der Waals surface area contributed by atoms with E-state index in [0.29, 0.717) is 0 Å². The second-order valence-corrected chi connectivity index (χ2v) is 2.68. The number of hydroxylamine groups is 2. The average Bonchev–Trinajstić information content (AvgIpc) is 1.86. The standard InChI is InChI=1S/C5H14N2O2.ClH/c1-4(6-8)5(2,3)7-9;/h4,6-9H,1-3H3;1H/p-1. The first-order valence-electron chi connectivity index (χ1n) is 2.85. The number of hydrogen-bond acceptors (Lipinski definition) is 4. The van der Waals surface area contributed by atoms with Gasteiger partial charge in [-0.05, 0) is 20.8 Å². The Morgan fingerprint density at radius 1 is 1.30 bits per heavy atom. The van der Waals surface area contributed by atoms with Crippen LogP contribution in [0.5, 0.6) is 0 Å². The molecule has 1 atom stereocenters. The lowest BCUT2D eigenvalue weighted by Crippen LogP contribution is -3.00. The molecule has 0 saturated carbocycles. The molecule has 0 amide bonds. The number of hydrogen-bond donors (Lipinski definition) is 4. The molecule has 0 aromatic heterocycles. The highest BCUT2D eigenvalue weighted by Gasteiger charge is 2.23. The minimum atomic E-state index is -0.505. The van der Waals surface area contributed by atoms with Crippen molar-refractivity contribution in [2.75, 3.05) is 0 Å². The zero-order valence-corrected chi connectivity index (χ0v) is 7.11. The van der Waals surface area contributed by atoms with Crippen LogP contribution in [0.2, 0.25) is 0 Å². The van der Waals surface area contributed by atoms with Crippen LogP contribution in [0.15, 0.2) is 0 Å². The summed E-state index contributed by atoms with van der Waals surface area (Å²) in [5.41, 5.74) is 3.60. The maximum Gasteiger partial charge on any atom is 0.0546 e. The molecule has 10 heavy (non-hydrogen) atoms. The van der Waals surface area contributed by atoms with Gasteiger partial charge in [-0.3, -0.25) is 0 Å². The molecule has 0 saturated heterocycles. The van der Waals surface area contributed by atoms with Crippen LogP contribution in [0.4, 0.5) is 0 Å². The maximum atomic E-state index is 8.49. The first-order valence-corrected chi connectivity index (χ1v) is 2.85. The summed E-state index contributed by atoms with van der Waals surface area (Å²) in [7, 11) is 0. The molecule has 0 rings (SSSR count). The van der Waals surface area contributed by atoms with Gasteiger partial charge in [0.15, 0.2) is 0 Å². The molecule has 0 spiro atoms. The fraction of sp³-hybridized carbons (Fsp3) is 1.00. The first kappa shape index (κ1) is 12.8. The summed E-state index contributed by atoms with van der Waals surface area (Å²) < 4.78 is 0. The van der Waals surface area contributed by atoms with Gasteiger partial charge >= 0.3 is 0 Å². The third kappa shape index (κ3) is 3.34. The van der Waals surface area contributed by atoms with Gasteiger partial charge < -0.3 is 22.8 Å². The summed E-state index contributed by atoms with van der Waals surface area (Å²) in [4.78, 5) is 0. The molecular formula is C5H14ClN2O2-. The van der Waals surface area contributed by atoms with Crippen LogP contribution >= 0.6 is 0 Å². The molecule has 0 fully saturated rings. The second-order valence-electron chi connectivity index (χ2n) is 2.68. The number of nitrogens with one attached hydrogen (secondary N) is 2. The van der Waals surface area contributed by atoms with Crippen LogP contribution in [0.3, 0.4) is 0 Å². The topological polar surface area (TPSA) is 64.5 Å². The average molecular weight is 170 g/mol. The summed E-state index contributed by atoms with van der Waals surface area (Å²) in [5.74, 6) is 0. The van der Waals surface area contributed by atoms with E-state index in [1.54, 1.807) is 20.8 Å². The van der Waals surface area contributed by atoms with E-state index in [1.165, 1.54) is 0 Å². The van der Waals surface area contributed by atoms with Crippen molar-refractivity contribution in [1.82, 2.24) is 11.0 Å². The predicted octanol–water partition coefficient (Wildman–Crippen LogP) is -2.88. The van der Waals surface area contributed by atoms with Crippen molar-refractivity contribution in [3.05, 3.63) is 0 Å². The highest BCUT2D eigenvalue weighted by atomic mass is 35.5. The van der Waals surface area contributed by atoms with E-state index in [-0.39, 0.29) is 18.4 Å². The van der Waals surface area contributed by atoms with Crippen molar-refractivity contribution in [1.29, 1.82) is 0 Å². The van der Waals surface area contributed by atoms with Gasteiger partial charge in [0.25, 0.3) is 0 Å². The molecule has 5 heteroatoms. The van der Waals surface area contributed by atoms with Crippen LogP contribution in [0, 0.1) is 0 Å². The highest BCUT2D eigenvalue weighted by Crippen LogP contribution is 2.05. The molecule has 0 aromatic rings. The Bertz CT molecular complexity index is 89.7. The van der Waals surface area contributed by atoms with E-state index in [4.69, 9.17) is 10.4 Å². The van der Waals surface area contributed by atoms with Gasteiger partial charge in [0, 0.05) is 6.04 Å². The van der Waals surface area contributed by atoms with E-state index in [2.05, 4.69) is 5.48 Å². The van der Waals surface area contributed by atoms with Gasteiger partial charge in [-0.1, -0.05) is 0 Å². The lowest BCUT2D eigenvalue weighted by Gasteiger charge is -2.28. The third-order valence-electron chi connectivity index (χ3n) is 1.56. The van der Waals surface area contributed by atoms with Crippen molar-refractivity contribution in [3.8, 4) is 0 Å². The second kappa shape index (κ2) is 4.87. The van der Waals surface area contributed by atoms with Crippen LogP contribution in [-0.4, -0.2) is 22.0 Å². The number of halogens is 1. The molecular weight excluding hydrogens is 156 g/mol. The quantitative estimate of drug-likeness (QED) is 0.343. The van der Waals surface area contributed by atoms with Gasteiger partial charge in [-0.25, -0.2) is 5.48 Å². The fourth-order valence-electron chi connectivity index (χ4n) is 0.258. The highest BCUT2D eigenvalue weighted by molar-refractivity contribution is 4.82. The van der Waals surface area contributed by atoms with E-state index < -0.39 is 5.54 Å². The van der Waals surface area contributed by atoms with Crippen molar-refractivity contribution < 1.29 is 22.8 Å². The molecule has 4 nitrogen and oxygen atoms in total. The molecule has 64 valence electrons. The van der Waals surface area contributed by atoms with E-state index in [0.717, 1.165) is 0 Å². The largest absolute Gasteiger partial charge is 1.00 e. The van der Waals surface area contributed by atoms with Gasteiger partial charge in [-0.2, -0.15) is 5.48 Å². The van der Waals surface area contributed by atoms with Crippen molar-refractivity contribution in [2.45, 2.75) is 32.4 Å². The van der Waals surface area contributed by atoms with E-state index >= 15 is 0 Å². The van der Waals surface area contributed by atoms with Crippen LogP contribution in [-0.2, 0) is 0 Å². The SMILES string of the molecule is CC(NO)C(C)(C)NO.[Cl-]. The van der Waals surface area contributed by atoms with E-state index in [1.807, 2.05) is 5.48 Å². The Kier molecular flexibility index (Phi) is 6.22. The zero-order chi connectivity index (χ0) is 7.49. The fourth-order valence-corrected chi connectivity index (χ4v) is 0.258. The summed E-state index contributed by atoms with van der Waals surface area (Å²) in [6, 6.07) is -0.192. The molecule has 0 radical (unpaired) electrons. The van der Waals surface area contributed by atoms with Crippen molar-refractivity contribution >= 4 is 0 Å². The monoisotopic (exact) mass is 169 g/mol. The Morgan fingerprint density at radius 3 is 1.80 bits per heavy atom. The summed E-state index contributed by atoms with van der Waals surface area (Å²) in [5, 5.41) is 16.9. The molecule has 1 unspecified atom stereocenters. The Balaban J connectivity index is 0. The van der Waals surface area contributed by atoms with E-state index in [9.17, 15) is 0 Å². The van der Waals surface area contributed by atoms with Crippen LogP contribution < -0.4 is 23.4 Å². The molecule has 0 aromatic carbocycles. The van der Waals surface area contributed by atoms with Crippen LogP contribution in [0.1, 0.15) is 20.8 Å². The first-order chi connectivity index (χ1) is 4.04. The Labute approximate surface area is 66.9 Å². The minimum absolute atomic E-state index is 0. The molecule has 4 N–H and O–H groups in total. The van der Waals surface area contributed by atoms with Gasteiger partial charge in [0.1, 0.15) is 0 Å².